The smallest absolute Gasteiger partial charge is 0.178 e. The van der Waals surface area contributed by atoms with Crippen molar-refractivity contribution in [1.82, 2.24) is 0 Å². The molecule has 0 aromatic carbocycles. The molecule has 1 fully saturated rings. The summed E-state index contributed by atoms with van der Waals surface area (Å²) in [4.78, 5) is 26.0. The van der Waals surface area contributed by atoms with Crippen LogP contribution in [0.15, 0.2) is 23.3 Å². The average Bonchev–Trinajstić information content (AvgIpc) is 2.58. The largest absolute Gasteiger partial charge is 0.295 e. The Morgan fingerprint density at radius 3 is 2.33 bits per heavy atom. The third-order valence-electron chi connectivity index (χ3n) is 8.60. The molecule has 146 valence electrons. The minimum absolute atomic E-state index is 0.0362. The first-order valence-electron chi connectivity index (χ1n) is 10.3. The van der Waals surface area contributed by atoms with E-state index >= 15 is 0 Å². The molecule has 0 heterocycles. The SMILES string of the molecule is CCC[C@H]1C(=O)C=C2C(C)(CC[C@H]3C(C)(C)C(=O)C(C#N)=C[C@]23C)C1(C)C. The lowest BCUT2D eigenvalue weighted by molar-refractivity contribution is -0.136. The molecule has 0 bridgehead atoms. The molecule has 0 N–H and O–H groups in total. The van der Waals surface area contributed by atoms with Crippen LogP contribution < -0.4 is 0 Å². The molecular weight excluding hydrogens is 334 g/mol. The van der Waals surface area contributed by atoms with Gasteiger partial charge in [0.1, 0.15) is 6.07 Å². The lowest BCUT2D eigenvalue weighted by Crippen LogP contribution is -2.59. The number of hydrogen-bond donors (Lipinski definition) is 0. The molecule has 0 aliphatic heterocycles. The summed E-state index contributed by atoms with van der Waals surface area (Å²) in [5, 5.41) is 9.60. The number of carbonyl (C=O) groups excluding carboxylic acids is 2. The third-order valence-corrected chi connectivity index (χ3v) is 8.60. The van der Waals surface area contributed by atoms with Crippen molar-refractivity contribution in [3.63, 3.8) is 0 Å². The van der Waals surface area contributed by atoms with Crippen LogP contribution in [-0.4, -0.2) is 11.6 Å². The van der Waals surface area contributed by atoms with Gasteiger partial charge in [-0.2, -0.15) is 5.26 Å². The van der Waals surface area contributed by atoms with Crippen LogP contribution in [0.5, 0.6) is 0 Å². The summed E-state index contributed by atoms with van der Waals surface area (Å²) >= 11 is 0. The number of carbonyl (C=O) groups is 2. The first kappa shape index (κ1) is 20.1. The molecule has 3 nitrogen and oxygen atoms in total. The van der Waals surface area contributed by atoms with Crippen LogP contribution in [0.2, 0.25) is 0 Å². The Morgan fingerprint density at radius 2 is 1.78 bits per heavy atom. The Hall–Kier alpha value is -1.69. The van der Waals surface area contributed by atoms with Crippen LogP contribution >= 0.6 is 0 Å². The van der Waals surface area contributed by atoms with Gasteiger partial charge in [0.15, 0.2) is 11.6 Å². The molecule has 0 radical (unpaired) electrons. The van der Waals surface area contributed by atoms with E-state index < -0.39 is 10.8 Å². The molecule has 3 heteroatoms. The molecule has 27 heavy (non-hydrogen) atoms. The van der Waals surface area contributed by atoms with Gasteiger partial charge >= 0.3 is 0 Å². The Morgan fingerprint density at radius 1 is 1.15 bits per heavy atom. The van der Waals surface area contributed by atoms with E-state index in [4.69, 9.17) is 0 Å². The van der Waals surface area contributed by atoms with Gasteiger partial charge in [-0.1, -0.05) is 66.5 Å². The zero-order valence-electron chi connectivity index (χ0n) is 17.9. The highest BCUT2D eigenvalue weighted by molar-refractivity contribution is 6.04. The zero-order chi connectivity index (χ0) is 20.4. The van der Waals surface area contributed by atoms with Gasteiger partial charge in [-0.15, -0.1) is 0 Å². The lowest BCUT2D eigenvalue weighted by atomic mass is 9.39. The normalized spacial score (nSPS) is 39.6. The Balaban J connectivity index is 2.27. The van der Waals surface area contributed by atoms with Gasteiger partial charge in [-0.25, -0.2) is 0 Å². The molecule has 0 amide bonds. The lowest BCUT2D eigenvalue weighted by Gasteiger charge is -2.63. The molecule has 3 rings (SSSR count). The van der Waals surface area contributed by atoms with Crippen molar-refractivity contribution in [2.75, 3.05) is 0 Å². The van der Waals surface area contributed by atoms with Gasteiger partial charge in [0.05, 0.1) is 5.57 Å². The van der Waals surface area contributed by atoms with Crippen molar-refractivity contribution in [2.45, 2.75) is 74.1 Å². The minimum atomic E-state index is -0.593. The van der Waals surface area contributed by atoms with Crippen LogP contribution in [0.1, 0.15) is 74.1 Å². The van der Waals surface area contributed by atoms with E-state index in [2.05, 4.69) is 40.7 Å². The topological polar surface area (TPSA) is 57.9 Å². The molecule has 0 aromatic rings. The highest BCUT2D eigenvalue weighted by Gasteiger charge is 2.64. The summed E-state index contributed by atoms with van der Waals surface area (Å²) < 4.78 is 0. The van der Waals surface area contributed by atoms with E-state index in [1.54, 1.807) is 0 Å². The predicted octanol–water partition coefficient (Wildman–Crippen LogP) is 5.42. The van der Waals surface area contributed by atoms with Crippen molar-refractivity contribution in [3.05, 3.63) is 23.3 Å². The van der Waals surface area contributed by atoms with E-state index in [0.717, 1.165) is 31.3 Å². The number of ketones is 2. The zero-order valence-corrected chi connectivity index (χ0v) is 17.9. The van der Waals surface area contributed by atoms with Gasteiger partial charge in [-0.05, 0) is 42.1 Å². The number of hydrogen-bond acceptors (Lipinski definition) is 3. The molecule has 1 unspecified atom stereocenters. The summed E-state index contributed by atoms with van der Waals surface area (Å²) in [6.45, 7) is 15.0. The van der Waals surface area contributed by atoms with Crippen LogP contribution in [-0.2, 0) is 9.59 Å². The second-order valence-corrected chi connectivity index (χ2v) is 10.5. The van der Waals surface area contributed by atoms with Crippen LogP contribution in [0, 0.1) is 44.8 Å². The Kier molecular flexibility index (Phi) is 4.38. The predicted molar refractivity (Wildman–Crippen MR) is 107 cm³/mol. The standard InChI is InChI=1S/C24H33NO2/c1-8-9-16-17(26)12-19-23(6)13-15(14-25)20(27)21(2,3)18(23)10-11-24(19,7)22(16,4)5/h12-13,16,18H,8-11H2,1-7H3/t16-,18-,23-,24?/m0/s1. The fraction of sp³-hybridized carbons (Fsp3) is 0.708. The summed E-state index contributed by atoms with van der Waals surface area (Å²) in [5.41, 5.74) is 0.111. The quantitative estimate of drug-likeness (QED) is 0.655. The fourth-order valence-electron chi connectivity index (χ4n) is 6.65. The van der Waals surface area contributed by atoms with E-state index in [1.807, 2.05) is 26.0 Å². The van der Waals surface area contributed by atoms with Gasteiger partial charge in [0.25, 0.3) is 0 Å². The monoisotopic (exact) mass is 367 g/mol. The molecular formula is C24H33NO2. The van der Waals surface area contributed by atoms with Crippen molar-refractivity contribution in [3.8, 4) is 6.07 Å². The summed E-state index contributed by atoms with van der Waals surface area (Å²) in [7, 11) is 0. The average molecular weight is 368 g/mol. The molecule has 4 atom stereocenters. The summed E-state index contributed by atoms with van der Waals surface area (Å²) in [6, 6.07) is 2.14. The van der Waals surface area contributed by atoms with Crippen molar-refractivity contribution >= 4 is 11.6 Å². The summed E-state index contributed by atoms with van der Waals surface area (Å²) in [5.74, 6) is 0.314. The number of nitriles is 1. The van der Waals surface area contributed by atoms with Gasteiger partial charge < -0.3 is 0 Å². The number of rotatable bonds is 2. The van der Waals surface area contributed by atoms with Crippen LogP contribution in [0.4, 0.5) is 0 Å². The third kappa shape index (κ3) is 2.38. The van der Waals surface area contributed by atoms with E-state index in [-0.39, 0.29) is 39.8 Å². The van der Waals surface area contributed by atoms with Gasteiger partial charge in [0.2, 0.25) is 0 Å². The molecule has 3 aliphatic rings. The number of nitrogens with zero attached hydrogens (tertiary/aromatic N) is 1. The maximum atomic E-state index is 13.2. The first-order valence-corrected chi connectivity index (χ1v) is 10.3. The van der Waals surface area contributed by atoms with E-state index in [0.29, 0.717) is 0 Å². The molecule has 0 spiro atoms. The number of allylic oxidation sites excluding steroid dienone is 4. The fourth-order valence-corrected chi connectivity index (χ4v) is 6.65. The van der Waals surface area contributed by atoms with Crippen LogP contribution in [0.25, 0.3) is 0 Å². The second kappa shape index (κ2) is 5.90. The Labute approximate surface area is 163 Å². The molecule has 0 aromatic heterocycles. The van der Waals surface area contributed by atoms with Crippen molar-refractivity contribution < 1.29 is 9.59 Å². The van der Waals surface area contributed by atoms with Gasteiger partial charge in [-0.3, -0.25) is 9.59 Å². The summed E-state index contributed by atoms with van der Waals surface area (Å²) in [6.07, 6.45) is 7.61. The molecule has 0 saturated heterocycles. The van der Waals surface area contributed by atoms with E-state index in [9.17, 15) is 14.9 Å². The van der Waals surface area contributed by atoms with E-state index in [1.165, 1.54) is 0 Å². The highest BCUT2D eigenvalue weighted by Crippen LogP contribution is 2.69. The number of Topliss-reactive ketones (excluding diaryl/α,β-unsaturated/α-hetero) is 1. The second-order valence-electron chi connectivity index (χ2n) is 10.5. The molecule has 3 aliphatic carbocycles. The first-order chi connectivity index (χ1) is 12.4. The highest BCUT2D eigenvalue weighted by atomic mass is 16.1. The van der Waals surface area contributed by atoms with Gasteiger partial charge in [0, 0.05) is 16.7 Å². The van der Waals surface area contributed by atoms with Crippen LogP contribution in [0.3, 0.4) is 0 Å². The van der Waals surface area contributed by atoms with Crippen molar-refractivity contribution in [2.24, 2.45) is 33.5 Å². The maximum absolute atomic E-state index is 13.2. The minimum Gasteiger partial charge on any atom is -0.295 e. The van der Waals surface area contributed by atoms with Crippen molar-refractivity contribution in [1.29, 1.82) is 5.26 Å². The number of fused-ring (bicyclic) bond motifs is 3. The Bertz CT molecular complexity index is 807. The molecule has 1 saturated carbocycles. The maximum Gasteiger partial charge on any atom is 0.178 e.